The zero-order valence-corrected chi connectivity index (χ0v) is 12.9. The van der Waals surface area contributed by atoms with Crippen molar-refractivity contribution in [2.75, 3.05) is 19.6 Å². The third-order valence-corrected chi connectivity index (χ3v) is 4.53. The maximum atomic E-state index is 13.3. The highest BCUT2D eigenvalue weighted by atomic mass is 35.5. The zero-order valence-electron chi connectivity index (χ0n) is 12.1. The first kappa shape index (κ1) is 15.7. The minimum Gasteiger partial charge on any atom is -0.330 e. The zero-order chi connectivity index (χ0) is 14.5. The molecule has 1 aliphatic heterocycles. The fraction of sp³-hybridized carbons (Fsp3) is 0.625. The molecular formula is C16H24ClFN2. The molecule has 0 saturated carbocycles. The van der Waals surface area contributed by atoms with Gasteiger partial charge in [-0.05, 0) is 62.5 Å². The van der Waals surface area contributed by atoms with Crippen LogP contribution in [0.25, 0.3) is 0 Å². The number of hydrogen-bond acceptors (Lipinski definition) is 2. The van der Waals surface area contributed by atoms with E-state index in [1.165, 1.54) is 25.0 Å². The number of nitrogens with zero attached hydrogens (tertiary/aromatic N) is 1. The molecule has 2 atom stereocenters. The molecule has 0 spiro atoms. The topological polar surface area (TPSA) is 29.3 Å². The van der Waals surface area contributed by atoms with Crippen LogP contribution in [-0.2, 0) is 0 Å². The molecule has 1 saturated heterocycles. The normalized spacial score (nSPS) is 24.6. The summed E-state index contributed by atoms with van der Waals surface area (Å²) in [4.78, 5) is 2.48. The Balaban J connectivity index is 2.37. The van der Waals surface area contributed by atoms with Crippen molar-refractivity contribution >= 4 is 11.6 Å². The van der Waals surface area contributed by atoms with Crippen molar-refractivity contribution in [2.24, 2.45) is 11.7 Å². The highest BCUT2D eigenvalue weighted by molar-refractivity contribution is 6.31. The van der Waals surface area contributed by atoms with Crippen molar-refractivity contribution in [2.45, 2.75) is 38.6 Å². The molecule has 20 heavy (non-hydrogen) atoms. The van der Waals surface area contributed by atoms with Crippen LogP contribution in [0.3, 0.4) is 0 Å². The van der Waals surface area contributed by atoms with Crippen LogP contribution in [-0.4, -0.2) is 24.5 Å². The lowest BCUT2D eigenvalue weighted by Crippen LogP contribution is -2.36. The summed E-state index contributed by atoms with van der Waals surface area (Å²) in [5.74, 6) is 0.116. The average molecular weight is 299 g/mol. The van der Waals surface area contributed by atoms with Crippen molar-refractivity contribution in [3.8, 4) is 0 Å². The maximum Gasteiger partial charge on any atom is 0.124 e. The third-order valence-electron chi connectivity index (χ3n) is 4.20. The molecule has 0 radical (unpaired) electrons. The van der Waals surface area contributed by atoms with Gasteiger partial charge in [0.15, 0.2) is 0 Å². The van der Waals surface area contributed by atoms with Crippen molar-refractivity contribution in [1.29, 1.82) is 0 Å². The van der Waals surface area contributed by atoms with Crippen molar-refractivity contribution in [3.63, 3.8) is 0 Å². The number of hydrogen-bond donors (Lipinski definition) is 1. The minimum atomic E-state index is -0.279. The van der Waals surface area contributed by atoms with Gasteiger partial charge in [0.05, 0.1) is 0 Å². The molecule has 2 N–H and O–H groups in total. The second-order valence-corrected chi connectivity index (χ2v) is 6.05. The van der Waals surface area contributed by atoms with Gasteiger partial charge in [-0.15, -0.1) is 0 Å². The molecule has 4 heteroatoms. The molecule has 0 aromatic heterocycles. The van der Waals surface area contributed by atoms with Crippen LogP contribution in [0.15, 0.2) is 18.2 Å². The fourth-order valence-electron chi connectivity index (χ4n) is 3.29. The van der Waals surface area contributed by atoms with Gasteiger partial charge >= 0.3 is 0 Å². The van der Waals surface area contributed by atoms with E-state index in [1.54, 1.807) is 0 Å². The maximum absolute atomic E-state index is 13.3. The van der Waals surface area contributed by atoms with Crippen molar-refractivity contribution < 1.29 is 4.39 Å². The Morgan fingerprint density at radius 3 is 2.85 bits per heavy atom. The number of nitrogens with two attached hydrogens (primary N) is 1. The first-order valence-electron chi connectivity index (χ1n) is 7.56. The molecule has 1 aromatic carbocycles. The van der Waals surface area contributed by atoms with E-state index >= 15 is 0 Å². The van der Waals surface area contributed by atoms with E-state index in [0.29, 0.717) is 17.5 Å². The first-order valence-corrected chi connectivity index (χ1v) is 7.94. The number of likely N-dealkylation sites (tertiary alicyclic amines) is 1. The molecule has 0 amide bonds. The predicted molar refractivity (Wildman–Crippen MR) is 82.4 cm³/mol. The molecule has 2 nitrogen and oxygen atoms in total. The summed E-state index contributed by atoms with van der Waals surface area (Å²) in [6, 6.07) is 4.97. The van der Waals surface area contributed by atoms with Gasteiger partial charge in [0.1, 0.15) is 5.82 Å². The average Bonchev–Trinajstić information content (AvgIpc) is 2.62. The van der Waals surface area contributed by atoms with Gasteiger partial charge in [0.2, 0.25) is 0 Å². The Kier molecular flexibility index (Phi) is 5.82. The summed E-state index contributed by atoms with van der Waals surface area (Å²) < 4.78 is 13.3. The van der Waals surface area contributed by atoms with E-state index < -0.39 is 0 Å². The van der Waals surface area contributed by atoms with Gasteiger partial charge in [-0.3, -0.25) is 4.90 Å². The number of benzene rings is 1. The van der Waals surface area contributed by atoms with Gasteiger partial charge in [-0.2, -0.15) is 0 Å². The lowest BCUT2D eigenvalue weighted by atomic mass is 9.89. The second-order valence-electron chi connectivity index (χ2n) is 5.64. The third kappa shape index (κ3) is 3.51. The molecule has 112 valence electrons. The van der Waals surface area contributed by atoms with Crippen molar-refractivity contribution in [1.82, 2.24) is 4.90 Å². The standard InChI is InChI=1S/C16H24ClFN2/c1-2-8-20-9-4-3-5-12(11-19)16(20)14-7-6-13(18)10-15(14)17/h6-7,10,12,16H,2-5,8-9,11,19H2,1H3. The number of rotatable bonds is 4. The van der Waals surface area contributed by atoms with Crippen LogP contribution < -0.4 is 5.73 Å². The first-order chi connectivity index (χ1) is 9.67. The van der Waals surface area contributed by atoms with Gasteiger partial charge < -0.3 is 5.73 Å². The Bertz CT molecular complexity index is 438. The van der Waals surface area contributed by atoms with Gasteiger partial charge in [0, 0.05) is 11.1 Å². The van der Waals surface area contributed by atoms with E-state index in [1.807, 2.05) is 6.07 Å². The molecular weight excluding hydrogens is 275 g/mol. The van der Waals surface area contributed by atoms with E-state index in [2.05, 4.69) is 11.8 Å². The van der Waals surface area contributed by atoms with Crippen LogP contribution in [0.4, 0.5) is 4.39 Å². The van der Waals surface area contributed by atoms with E-state index in [0.717, 1.165) is 31.5 Å². The molecule has 2 unspecified atom stereocenters. The van der Waals surface area contributed by atoms with E-state index in [-0.39, 0.29) is 11.9 Å². The quantitative estimate of drug-likeness (QED) is 0.910. The van der Waals surface area contributed by atoms with E-state index in [9.17, 15) is 4.39 Å². The van der Waals surface area contributed by atoms with Crippen LogP contribution in [0, 0.1) is 11.7 Å². The summed E-state index contributed by atoms with van der Waals surface area (Å²) in [5, 5.41) is 0.524. The van der Waals surface area contributed by atoms with Crippen LogP contribution >= 0.6 is 11.6 Å². The van der Waals surface area contributed by atoms with Gasteiger partial charge in [0.25, 0.3) is 0 Å². The summed E-state index contributed by atoms with van der Waals surface area (Å²) in [5.41, 5.74) is 7.02. The Morgan fingerprint density at radius 2 is 2.20 bits per heavy atom. The monoisotopic (exact) mass is 298 g/mol. The van der Waals surface area contributed by atoms with E-state index in [4.69, 9.17) is 17.3 Å². The SMILES string of the molecule is CCCN1CCCCC(CN)C1c1ccc(F)cc1Cl. The minimum absolute atomic E-state index is 0.218. The summed E-state index contributed by atoms with van der Waals surface area (Å²) in [6.07, 6.45) is 4.63. The smallest absolute Gasteiger partial charge is 0.124 e. The Labute approximate surface area is 126 Å². The largest absolute Gasteiger partial charge is 0.330 e. The lowest BCUT2D eigenvalue weighted by molar-refractivity contribution is 0.158. The van der Waals surface area contributed by atoms with Crippen LogP contribution in [0.2, 0.25) is 5.02 Å². The molecule has 1 fully saturated rings. The number of halogens is 2. The van der Waals surface area contributed by atoms with Gasteiger partial charge in [-0.1, -0.05) is 31.0 Å². The summed E-state index contributed by atoms with van der Waals surface area (Å²) >= 11 is 6.30. The second kappa shape index (κ2) is 7.39. The van der Waals surface area contributed by atoms with Crippen LogP contribution in [0.5, 0.6) is 0 Å². The molecule has 0 aliphatic carbocycles. The predicted octanol–water partition coefficient (Wildman–Crippen LogP) is 3.99. The van der Waals surface area contributed by atoms with Crippen molar-refractivity contribution in [3.05, 3.63) is 34.6 Å². The lowest BCUT2D eigenvalue weighted by Gasteiger charge is -2.35. The highest BCUT2D eigenvalue weighted by Gasteiger charge is 2.31. The van der Waals surface area contributed by atoms with Crippen LogP contribution in [0.1, 0.15) is 44.2 Å². The fourth-order valence-corrected chi connectivity index (χ4v) is 3.57. The molecule has 1 heterocycles. The Morgan fingerprint density at radius 1 is 1.40 bits per heavy atom. The summed E-state index contributed by atoms with van der Waals surface area (Å²) in [6.45, 7) is 4.95. The molecule has 2 rings (SSSR count). The molecule has 1 aliphatic rings. The molecule has 0 bridgehead atoms. The summed E-state index contributed by atoms with van der Waals surface area (Å²) in [7, 11) is 0. The Hall–Kier alpha value is -0.640. The highest BCUT2D eigenvalue weighted by Crippen LogP contribution is 2.38. The van der Waals surface area contributed by atoms with Gasteiger partial charge in [-0.25, -0.2) is 4.39 Å². The molecule has 1 aromatic rings.